The molecule has 2 aromatic heterocycles. The molecular formula is C15H19N3O3. The molecule has 0 unspecified atom stereocenters. The number of aromatic nitrogens is 2. The molecule has 0 bridgehead atoms. The van der Waals surface area contributed by atoms with Gasteiger partial charge < -0.3 is 14.8 Å². The number of carboxylic acid groups (broad SMARTS) is 1. The van der Waals surface area contributed by atoms with Crippen molar-refractivity contribution in [1.82, 2.24) is 9.97 Å². The molecule has 0 fully saturated rings. The smallest absolute Gasteiger partial charge is 0.335 e. The summed E-state index contributed by atoms with van der Waals surface area (Å²) in [6, 6.07) is 3.11. The van der Waals surface area contributed by atoms with Gasteiger partial charge in [0.05, 0.1) is 18.3 Å². The molecule has 0 spiro atoms. The number of carbonyl (C=O) groups is 1. The third-order valence-electron chi connectivity index (χ3n) is 3.05. The quantitative estimate of drug-likeness (QED) is 0.849. The van der Waals surface area contributed by atoms with Crippen molar-refractivity contribution in [2.24, 2.45) is 0 Å². The van der Waals surface area contributed by atoms with Gasteiger partial charge in [-0.3, -0.25) is 0 Å². The highest BCUT2D eigenvalue weighted by atomic mass is 16.4. The van der Waals surface area contributed by atoms with E-state index >= 15 is 0 Å². The van der Waals surface area contributed by atoms with Crippen LogP contribution in [0.4, 0.5) is 5.82 Å². The lowest BCUT2D eigenvalue weighted by molar-refractivity contribution is 0.0696. The van der Waals surface area contributed by atoms with Crippen molar-refractivity contribution < 1.29 is 14.3 Å². The normalized spacial score (nSPS) is 10.9. The number of hydrogen-bond acceptors (Lipinski definition) is 5. The number of hydrogen-bond donors (Lipinski definition) is 2. The predicted molar refractivity (Wildman–Crippen MR) is 78.5 cm³/mol. The summed E-state index contributed by atoms with van der Waals surface area (Å²) in [6.07, 6.45) is 2.48. The average Bonchev–Trinajstić information content (AvgIpc) is 2.92. The summed E-state index contributed by atoms with van der Waals surface area (Å²) in [7, 11) is 0. The van der Waals surface area contributed by atoms with Crippen molar-refractivity contribution >= 4 is 11.8 Å². The van der Waals surface area contributed by atoms with E-state index in [9.17, 15) is 4.79 Å². The first-order chi connectivity index (χ1) is 9.99. The van der Waals surface area contributed by atoms with Crippen molar-refractivity contribution in [3.63, 3.8) is 0 Å². The topological polar surface area (TPSA) is 88.2 Å². The zero-order chi connectivity index (χ0) is 15.4. The van der Waals surface area contributed by atoms with Gasteiger partial charge in [-0.05, 0) is 18.1 Å². The second-order valence-corrected chi connectivity index (χ2v) is 5.05. The summed E-state index contributed by atoms with van der Waals surface area (Å²) in [5.41, 5.74) is 0.955. The van der Waals surface area contributed by atoms with Crippen LogP contribution < -0.4 is 5.32 Å². The van der Waals surface area contributed by atoms with E-state index in [1.54, 1.807) is 12.3 Å². The molecule has 0 aromatic carbocycles. The van der Waals surface area contributed by atoms with Gasteiger partial charge in [0.15, 0.2) is 0 Å². The summed E-state index contributed by atoms with van der Waals surface area (Å²) < 4.78 is 5.49. The maximum atomic E-state index is 11.2. The van der Waals surface area contributed by atoms with Crippen LogP contribution in [0.1, 0.15) is 54.4 Å². The Bertz CT molecular complexity index is 635. The molecule has 21 heavy (non-hydrogen) atoms. The fraction of sp³-hybridized carbons (Fsp3) is 0.400. The minimum absolute atomic E-state index is 0.151. The van der Waals surface area contributed by atoms with Gasteiger partial charge in [0.1, 0.15) is 11.6 Å². The number of oxazole rings is 1. The molecule has 0 amide bonds. The second kappa shape index (κ2) is 6.39. The van der Waals surface area contributed by atoms with E-state index in [0.29, 0.717) is 18.3 Å². The molecule has 112 valence electrons. The Kier molecular flexibility index (Phi) is 4.57. The van der Waals surface area contributed by atoms with Crippen LogP contribution in [-0.4, -0.2) is 21.0 Å². The van der Waals surface area contributed by atoms with Crippen molar-refractivity contribution in [2.75, 3.05) is 5.32 Å². The Hall–Kier alpha value is -2.37. The van der Waals surface area contributed by atoms with E-state index < -0.39 is 5.97 Å². The van der Waals surface area contributed by atoms with E-state index in [4.69, 9.17) is 9.52 Å². The molecular weight excluding hydrogens is 270 g/mol. The molecule has 0 aliphatic rings. The molecule has 0 saturated carbocycles. The summed E-state index contributed by atoms with van der Waals surface area (Å²) >= 11 is 0. The number of aromatic carboxylic acids is 1. The van der Waals surface area contributed by atoms with E-state index in [1.165, 1.54) is 6.07 Å². The molecule has 6 heteroatoms. The second-order valence-electron chi connectivity index (χ2n) is 5.05. The Morgan fingerprint density at radius 1 is 1.43 bits per heavy atom. The summed E-state index contributed by atoms with van der Waals surface area (Å²) in [4.78, 5) is 19.7. The van der Waals surface area contributed by atoms with Crippen LogP contribution in [0.3, 0.4) is 0 Å². The fourth-order valence-corrected chi connectivity index (χ4v) is 1.82. The number of pyridine rings is 1. The van der Waals surface area contributed by atoms with Crippen LogP contribution in [0.15, 0.2) is 22.7 Å². The van der Waals surface area contributed by atoms with Gasteiger partial charge in [0, 0.05) is 12.1 Å². The van der Waals surface area contributed by atoms with Gasteiger partial charge in [-0.2, -0.15) is 0 Å². The summed E-state index contributed by atoms with van der Waals surface area (Å²) in [5, 5.41) is 12.2. The van der Waals surface area contributed by atoms with E-state index in [0.717, 1.165) is 17.9 Å². The lowest BCUT2D eigenvalue weighted by Gasteiger charge is -2.10. The molecule has 6 nitrogen and oxygen atoms in total. The molecule has 0 aliphatic heterocycles. The standard InChI is InChI=1S/C15H19N3O3/c1-4-11-7-17-14(21-11)8-16-13-6-10(15(19)20)5-12(18-13)9(2)3/h5-7,9H,4,8H2,1-3H3,(H,16,18)(H,19,20). The number of nitrogens with one attached hydrogen (secondary N) is 1. The minimum Gasteiger partial charge on any atom is -0.478 e. The molecule has 0 atom stereocenters. The highest BCUT2D eigenvalue weighted by molar-refractivity contribution is 5.88. The molecule has 2 aromatic rings. The van der Waals surface area contributed by atoms with Crippen molar-refractivity contribution in [2.45, 2.75) is 39.7 Å². The van der Waals surface area contributed by atoms with Crippen LogP contribution in [0.25, 0.3) is 0 Å². The molecule has 2 N–H and O–H groups in total. The molecule has 0 aliphatic carbocycles. The minimum atomic E-state index is -0.966. The third kappa shape index (κ3) is 3.81. The van der Waals surface area contributed by atoms with Gasteiger partial charge >= 0.3 is 5.97 Å². The SMILES string of the molecule is CCc1cnc(CNc2cc(C(=O)O)cc(C(C)C)n2)o1. The Morgan fingerprint density at radius 2 is 2.19 bits per heavy atom. The first-order valence-corrected chi connectivity index (χ1v) is 6.92. The number of aryl methyl sites for hydroxylation is 1. The van der Waals surface area contributed by atoms with Crippen molar-refractivity contribution in [1.29, 1.82) is 0 Å². The lowest BCUT2D eigenvalue weighted by Crippen LogP contribution is -2.07. The molecule has 0 radical (unpaired) electrons. The zero-order valence-corrected chi connectivity index (χ0v) is 12.4. The number of carboxylic acids is 1. The average molecular weight is 289 g/mol. The van der Waals surface area contributed by atoms with Crippen molar-refractivity contribution in [3.05, 3.63) is 41.2 Å². The Labute approximate surface area is 123 Å². The van der Waals surface area contributed by atoms with Crippen LogP contribution in [0.5, 0.6) is 0 Å². The predicted octanol–water partition coefficient (Wildman–Crippen LogP) is 3.07. The molecule has 0 saturated heterocycles. The Balaban J connectivity index is 2.16. The monoisotopic (exact) mass is 289 g/mol. The maximum Gasteiger partial charge on any atom is 0.335 e. The highest BCUT2D eigenvalue weighted by Gasteiger charge is 2.11. The van der Waals surface area contributed by atoms with E-state index in [-0.39, 0.29) is 11.5 Å². The number of nitrogens with zero attached hydrogens (tertiary/aromatic N) is 2. The fourth-order valence-electron chi connectivity index (χ4n) is 1.82. The van der Waals surface area contributed by atoms with Crippen LogP contribution in [-0.2, 0) is 13.0 Å². The molecule has 2 rings (SSSR count). The van der Waals surface area contributed by atoms with Gasteiger partial charge in [-0.25, -0.2) is 14.8 Å². The number of anilines is 1. The van der Waals surface area contributed by atoms with Crippen LogP contribution in [0.2, 0.25) is 0 Å². The Morgan fingerprint density at radius 3 is 2.76 bits per heavy atom. The summed E-state index contributed by atoms with van der Waals surface area (Å²) in [6.45, 7) is 6.30. The first kappa shape index (κ1) is 15.0. The van der Waals surface area contributed by atoms with Gasteiger partial charge in [-0.15, -0.1) is 0 Å². The summed E-state index contributed by atoms with van der Waals surface area (Å²) in [5.74, 6) is 1.07. The van der Waals surface area contributed by atoms with Crippen LogP contribution >= 0.6 is 0 Å². The first-order valence-electron chi connectivity index (χ1n) is 6.92. The van der Waals surface area contributed by atoms with Gasteiger partial charge in [0.25, 0.3) is 0 Å². The third-order valence-corrected chi connectivity index (χ3v) is 3.05. The van der Waals surface area contributed by atoms with Gasteiger partial charge in [-0.1, -0.05) is 20.8 Å². The van der Waals surface area contributed by atoms with E-state index in [1.807, 2.05) is 20.8 Å². The lowest BCUT2D eigenvalue weighted by atomic mass is 10.1. The maximum absolute atomic E-state index is 11.2. The van der Waals surface area contributed by atoms with Gasteiger partial charge in [0.2, 0.25) is 5.89 Å². The van der Waals surface area contributed by atoms with E-state index in [2.05, 4.69) is 15.3 Å². The number of rotatable bonds is 6. The van der Waals surface area contributed by atoms with Crippen LogP contribution in [0, 0.1) is 0 Å². The highest BCUT2D eigenvalue weighted by Crippen LogP contribution is 2.18. The van der Waals surface area contributed by atoms with Crippen molar-refractivity contribution in [3.8, 4) is 0 Å². The largest absolute Gasteiger partial charge is 0.478 e. The molecule has 2 heterocycles. The zero-order valence-electron chi connectivity index (χ0n) is 12.4.